The predicted molar refractivity (Wildman–Crippen MR) is 109 cm³/mol. The molecule has 2 aromatic rings. The van der Waals surface area contributed by atoms with Crippen molar-refractivity contribution in [2.75, 3.05) is 18.5 Å². The number of nitrogens with zero attached hydrogens (tertiary/aromatic N) is 1. The number of carbonyl (C=O) groups is 2. The van der Waals surface area contributed by atoms with Gasteiger partial charge in [-0.25, -0.2) is 4.79 Å². The number of hydrogen-bond acceptors (Lipinski definition) is 5. The number of rotatable bonds is 3. The van der Waals surface area contributed by atoms with Crippen LogP contribution in [0.2, 0.25) is 0 Å². The van der Waals surface area contributed by atoms with Crippen LogP contribution in [0.15, 0.2) is 27.4 Å². The maximum Gasteiger partial charge on any atom is 0.336 e. The molecular formula is C22H26N2O5. The van der Waals surface area contributed by atoms with Gasteiger partial charge >= 0.3 is 5.63 Å². The largest absolute Gasteiger partial charge is 0.423 e. The fraction of sp³-hybridized carbons (Fsp3) is 0.500. The van der Waals surface area contributed by atoms with Gasteiger partial charge in [0.15, 0.2) is 0 Å². The predicted octanol–water partition coefficient (Wildman–Crippen LogP) is 2.76. The van der Waals surface area contributed by atoms with Crippen LogP contribution in [0.1, 0.15) is 37.3 Å². The lowest BCUT2D eigenvalue weighted by molar-refractivity contribution is -0.162. The lowest BCUT2D eigenvalue weighted by Gasteiger charge is -2.44. The summed E-state index contributed by atoms with van der Waals surface area (Å²) >= 11 is 0. The highest BCUT2D eigenvalue weighted by atomic mass is 16.5. The number of anilines is 1. The summed E-state index contributed by atoms with van der Waals surface area (Å²) in [7, 11) is 0. The van der Waals surface area contributed by atoms with Gasteiger partial charge in [0.25, 0.3) is 0 Å². The molecule has 4 rings (SSSR count). The molecule has 29 heavy (non-hydrogen) atoms. The fourth-order valence-corrected chi connectivity index (χ4v) is 4.58. The van der Waals surface area contributed by atoms with E-state index in [0.717, 1.165) is 35.0 Å². The topological polar surface area (TPSA) is 88.9 Å². The first-order valence-corrected chi connectivity index (χ1v) is 10.1. The Balaban J connectivity index is 1.51. The van der Waals surface area contributed by atoms with Crippen molar-refractivity contribution < 1.29 is 18.7 Å². The molecule has 2 amide bonds. The molecule has 2 fully saturated rings. The maximum absolute atomic E-state index is 13.0. The van der Waals surface area contributed by atoms with E-state index < -0.39 is 0 Å². The van der Waals surface area contributed by atoms with Gasteiger partial charge in [-0.3, -0.25) is 9.59 Å². The van der Waals surface area contributed by atoms with Crippen molar-refractivity contribution in [2.24, 2.45) is 5.92 Å². The zero-order chi connectivity index (χ0) is 20.7. The Morgan fingerprint density at radius 3 is 2.72 bits per heavy atom. The van der Waals surface area contributed by atoms with Crippen LogP contribution in [0, 0.1) is 19.8 Å². The smallest absolute Gasteiger partial charge is 0.336 e. The SMILES string of the molecule is CCN1C(=O)CO[C@H]2C[C@@H](C(=O)Nc3cc4c(C)cc(=O)oc4cc3C)CC[C@@H]21. The second kappa shape index (κ2) is 7.63. The molecule has 0 bridgehead atoms. The molecule has 0 spiro atoms. The van der Waals surface area contributed by atoms with Crippen molar-refractivity contribution in [1.29, 1.82) is 0 Å². The quantitative estimate of drug-likeness (QED) is 0.803. The Morgan fingerprint density at radius 2 is 1.97 bits per heavy atom. The van der Waals surface area contributed by atoms with Crippen LogP contribution in [-0.2, 0) is 14.3 Å². The highest BCUT2D eigenvalue weighted by Crippen LogP contribution is 2.34. The second-order valence-corrected chi connectivity index (χ2v) is 8.01. The molecule has 0 radical (unpaired) electrons. The van der Waals surface area contributed by atoms with Gasteiger partial charge in [0.05, 0.1) is 12.1 Å². The van der Waals surface area contributed by atoms with Gasteiger partial charge in [-0.05, 0) is 63.3 Å². The average Bonchev–Trinajstić information content (AvgIpc) is 2.68. The third-order valence-corrected chi connectivity index (χ3v) is 6.16. The molecule has 1 saturated heterocycles. The number of amides is 2. The van der Waals surface area contributed by atoms with E-state index in [9.17, 15) is 14.4 Å². The summed E-state index contributed by atoms with van der Waals surface area (Å²) in [4.78, 5) is 38.5. The number of ether oxygens (including phenoxy) is 1. The van der Waals surface area contributed by atoms with Crippen molar-refractivity contribution in [2.45, 2.75) is 52.2 Å². The molecule has 7 nitrogen and oxygen atoms in total. The van der Waals surface area contributed by atoms with Gasteiger partial charge in [0, 0.05) is 29.6 Å². The first kappa shape index (κ1) is 19.6. The van der Waals surface area contributed by atoms with Crippen LogP contribution in [0.3, 0.4) is 0 Å². The van der Waals surface area contributed by atoms with E-state index in [1.165, 1.54) is 6.07 Å². The van der Waals surface area contributed by atoms with Crippen molar-refractivity contribution in [3.8, 4) is 0 Å². The zero-order valence-corrected chi connectivity index (χ0v) is 17.0. The molecule has 1 saturated carbocycles. The molecule has 1 aliphatic carbocycles. The second-order valence-electron chi connectivity index (χ2n) is 8.01. The number of morpholine rings is 1. The van der Waals surface area contributed by atoms with E-state index in [1.807, 2.05) is 31.7 Å². The Labute approximate surface area is 169 Å². The van der Waals surface area contributed by atoms with E-state index in [1.54, 1.807) is 6.07 Å². The van der Waals surface area contributed by atoms with Crippen LogP contribution in [-0.4, -0.2) is 42.0 Å². The molecule has 2 heterocycles. The maximum atomic E-state index is 13.0. The number of carbonyl (C=O) groups excluding carboxylic acids is 2. The normalized spacial score (nSPS) is 24.4. The molecule has 1 aromatic heterocycles. The van der Waals surface area contributed by atoms with E-state index in [2.05, 4.69) is 5.32 Å². The summed E-state index contributed by atoms with van der Waals surface area (Å²) in [5.74, 6) is -0.164. The summed E-state index contributed by atoms with van der Waals surface area (Å²) in [5.41, 5.74) is 2.51. The fourth-order valence-electron chi connectivity index (χ4n) is 4.58. The highest BCUT2D eigenvalue weighted by Gasteiger charge is 2.41. The minimum atomic E-state index is -0.380. The van der Waals surface area contributed by atoms with Gasteiger partial charge in [-0.2, -0.15) is 0 Å². The van der Waals surface area contributed by atoms with E-state index >= 15 is 0 Å². The van der Waals surface area contributed by atoms with E-state index in [-0.39, 0.29) is 42.1 Å². The monoisotopic (exact) mass is 398 g/mol. The van der Waals surface area contributed by atoms with Gasteiger partial charge in [-0.1, -0.05) is 0 Å². The summed E-state index contributed by atoms with van der Waals surface area (Å²) in [6, 6.07) is 5.16. The standard InChI is InChI=1S/C22H26N2O5/c1-4-24-17-6-5-14(9-19(17)28-11-20(24)25)22(27)23-16-10-15-12(2)8-21(26)29-18(15)7-13(16)3/h7-8,10,14,17,19H,4-6,9,11H2,1-3H3,(H,23,27)/t14-,17-,19-/m0/s1. The van der Waals surface area contributed by atoms with Gasteiger partial charge < -0.3 is 19.4 Å². The van der Waals surface area contributed by atoms with Crippen LogP contribution >= 0.6 is 0 Å². The van der Waals surface area contributed by atoms with Crippen molar-refractivity contribution in [3.63, 3.8) is 0 Å². The Morgan fingerprint density at radius 1 is 1.17 bits per heavy atom. The first-order valence-electron chi connectivity index (χ1n) is 10.1. The molecule has 1 N–H and O–H groups in total. The van der Waals surface area contributed by atoms with Gasteiger partial charge in [-0.15, -0.1) is 0 Å². The first-order chi connectivity index (χ1) is 13.9. The molecule has 1 aliphatic heterocycles. The summed E-state index contributed by atoms with van der Waals surface area (Å²) < 4.78 is 11.0. The molecule has 154 valence electrons. The summed E-state index contributed by atoms with van der Waals surface area (Å²) in [6.45, 7) is 6.47. The Kier molecular flexibility index (Phi) is 5.17. The molecule has 1 aromatic carbocycles. The van der Waals surface area contributed by atoms with Crippen molar-refractivity contribution in [1.82, 2.24) is 4.90 Å². The average molecular weight is 398 g/mol. The molecular weight excluding hydrogens is 372 g/mol. The van der Waals surface area contributed by atoms with Gasteiger partial charge in [0.2, 0.25) is 11.8 Å². The van der Waals surface area contributed by atoms with Gasteiger partial charge in [0.1, 0.15) is 12.2 Å². The Hall–Kier alpha value is -2.67. The number of benzene rings is 1. The molecule has 0 unspecified atom stereocenters. The van der Waals surface area contributed by atoms with Crippen LogP contribution in [0.5, 0.6) is 0 Å². The van der Waals surface area contributed by atoms with Crippen LogP contribution in [0.25, 0.3) is 11.0 Å². The zero-order valence-electron chi connectivity index (χ0n) is 17.0. The third-order valence-electron chi connectivity index (χ3n) is 6.16. The minimum absolute atomic E-state index is 0.0328. The number of likely N-dealkylation sites (N-methyl/N-ethyl adjacent to an activating group) is 1. The summed E-state index contributed by atoms with van der Waals surface area (Å²) in [5, 5.41) is 3.86. The molecule has 2 aliphatic rings. The molecule has 3 atom stereocenters. The van der Waals surface area contributed by atoms with E-state index in [0.29, 0.717) is 18.5 Å². The summed E-state index contributed by atoms with van der Waals surface area (Å²) in [6.07, 6.45) is 2.01. The van der Waals surface area contributed by atoms with Crippen LogP contribution in [0.4, 0.5) is 5.69 Å². The van der Waals surface area contributed by atoms with E-state index in [4.69, 9.17) is 9.15 Å². The lowest BCUT2D eigenvalue weighted by atomic mass is 9.81. The molecule has 7 heteroatoms. The number of fused-ring (bicyclic) bond motifs is 2. The minimum Gasteiger partial charge on any atom is -0.423 e. The highest BCUT2D eigenvalue weighted by molar-refractivity contribution is 5.96. The lowest BCUT2D eigenvalue weighted by Crippen LogP contribution is -2.57. The van der Waals surface area contributed by atoms with Crippen molar-refractivity contribution in [3.05, 3.63) is 39.7 Å². The number of aryl methyl sites for hydroxylation is 2. The third kappa shape index (κ3) is 3.67. The van der Waals surface area contributed by atoms with Crippen LogP contribution < -0.4 is 10.9 Å². The number of nitrogens with one attached hydrogen (secondary N) is 1. The number of hydrogen-bond donors (Lipinski definition) is 1. The van der Waals surface area contributed by atoms with Crippen molar-refractivity contribution >= 4 is 28.5 Å². The Bertz CT molecular complexity index is 1030.